The maximum absolute atomic E-state index is 13.1. The Balaban J connectivity index is 1.79. The molecule has 0 atom stereocenters. The van der Waals surface area contributed by atoms with Gasteiger partial charge in [0.15, 0.2) is 11.6 Å². The average Bonchev–Trinajstić information content (AvgIpc) is 3.00. The van der Waals surface area contributed by atoms with Crippen molar-refractivity contribution in [2.45, 2.75) is 47.5 Å². The molecule has 1 N–H and O–H groups in total. The summed E-state index contributed by atoms with van der Waals surface area (Å²) in [6, 6.07) is 9.55. The van der Waals surface area contributed by atoms with Gasteiger partial charge in [0.1, 0.15) is 5.75 Å². The molecule has 0 fully saturated rings. The summed E-state index contributed by atoms with van der Waals surface area (Å²) in [6.45, 7) is 10.6. The summed E-state index contributed by atoms with van der Waals surface area (Å²) >= 11 is 0. The Kier molecular flexibility index (Phi) is 5.05. The highest BCUT2D eigenvalue weighted by Gasteiger charge is 2.37. The Bertz CT molecular complexity index is 1080. The number of hydrogen-bond acceptors (Lipinski definition) is 6. The quantitative estimate of drug-likeness (QED) is 0.669. The number of ketones is 1. The Hall–Kier alpha value is -3.22. The molecule has 0 saturated heterocycles. The number of aryl methyl sites for hydroxylation is 2. The minimum absolute atomic E-state index is 0.0883. The largest absolute Gasteiger partial charge is 0.494 e. The Morgan fingerprint density at radius 2 is 1.77 bits per heavy atom. The lowest BCUT2D eigenvalue weighted by Gasteiger charge is -2.28. The van der Waals surface area contributed by atoms with Gasteiger partial charge in [-0.3, -0.25) is 4.79 Å². The number of rotatable bonds is 5. The van der Waals surface area contributed by atoms with Crippen LogP contribution in [0.4, 0.5) is 11.5 Å². The van der Waals surface area contributed by atoms with E-state index in [1.54, 1.807) is 4.68 Å². The maximum Gasteiger partial charge on any atom is 0.251 e. The van der Waals surface area contributed by atoms with Gasteiger partial charge >= 0.3 is 0 Å². The average molecular weight is 406 g/mol. The number of Topliss-reactive ketones (excluding diaryl/α,β-unsaturated/α-hetero) is 1. The van der Waals surface area contributed by atoms with Gasteiger partial charge in [-0.1, -0.05) is 13.8 Å². The van der Waals surface area contributed by atoms with Crippen LogP contribution in [0.1, 0.15) is 54.6 Å². The van der Waals surface area contributed by atoms with E-state index in [0.29, 0.717) is 30.4 Å². The highest BCUT2D eigenvalue weighted by atomic mass is 16.5. The summed E-state index contributed by atoms with van der Waals surface area (Å²) in [5.41, 5.74) is 3.91. The first kappa shape index (κ1) is 20.1. The van der Waals surface area contributed by atoms with Gasteiger partial charge in [-0.05, 0) is 62.9 Å². The van der Waals surface area contributed by atoms with Crippen LogP contribution in [0.5, 0.6) is 5.75 Å². The molecule has 2 heterocycles. The fourth-order valence-electron chi connectivity index (χ4n) is 3.94. The van der Waals surface area contributed by atoms with Gasteiger partial charge in [0.05, 0.1) is 17.9 Å². The van der Waals surface area contributed by atoms with Crippen molar-refractivity contribution in [2.75, 3.05) is 11.9 Å². The number of anilines is 2. The van der Waals surface area contributed by atoms with E-state index < -0.39 is 0 Å². The first-order valence-corrected chi connectivity index (χ1v) is 10.2. The van der Waals surface area contributed by atoms with E-state index in [4.69, 9.17) is 9.84 Å². The van der Waals surface area contributed by atoms with Crippen LogP contribution in [0.25, 0.3) is 5.95 Å². The van der Waals surface area contributed by atoms with E-state index in [-0.39, 0.29) is 11.2 Å². The van der Waals surface area contributed by atoms with Crippen LogP contribution in [0, 0.1) is 19.3 Å². The number of ether oxygens (including phenoxy) is 1. The second kappa shape index (κ2) is 7.55. The zero-order valence-electron chi connectivity index (χ0n) is 18.1. The first-order chi connectivity index (χ1) is 14.3. The Morgan fingerprint density at radius 3 is 2.40 bits per heavy atom. The fraction of sp³-hybridized carbons (Fsp3) is 0.391. The van der Waals surface area contributed by atoms with E-state index in [1.807, 2.05) is 51.1 Å². The van der Waals surface area contributed by atoms with E-state index >= 15 is 0 Å². The molecule has 2 aromatic heterocycles. The summed E-state index contributed by atoms with van der Waals surface area (Å²) in [7, 11) is 0. The van der Waals surface area contributed by atoms with Crippen molar-refractivity contribution < 1.29 is 9.53 Å². The lowest BCUT2D eigenvalue weighted by Crippen LogP contribution is -2.28. The third-order valence-corrected chi connectivity index (χ3v) is 5.13. The topological polar surface area (TPSA) is 81.9 Å². The zero-order valence-corrected chi connectivity index (χ0v) is 18.1. The van der Waals surface area contributed by atoms with Gasteiger partial charge in [0.2, 0.25) is 0 Å². The molecule has 156 valence electrons. The molecule has 0 spiro atoms. The van der Waals surface area contributed by atoms with Crippen molar-refractivity contribution in [3.05, 3.63) is 53.0 Å². The predicted octanol–water partition coefficient (Wildman–Crippen LogP) is 4.58. The molecule has 4 rings (SSSR count). The molecule has 7 heteroatoms. The second-order valence-electron chi connectivity index (χ2n) is 8.56. The van der Waals surface area contributed by atoms with Crippen LogP contribution >= 0.6 is 0 Å². The lowest BCUT2D eigenvalue weighted by molar-refractivity contribution is 0.0911. The van der Waals surface area contributed by atoms with Crippen molar-refractivity contribution in [1.29, 1.82) is 0 Å². The van der Waals surface area contributed by atoms with E-state index in [2.05, 4.69) is 29.1 Å². The minimum Gasteiger partial charge on any atom is -0.494 e. The standard InChI is InChI=1S/C23H27N5O2/c1-6-30-17-9-7-16(8-10-17)26-21-20-18(12-23(4,5)13-19(20)29)28(27-21)22-24-14(2)11-15(3)25-22/h7-11H,6,12-13H2,1-5H3,(H,26,27). The summed E-state index contributed by atoms with van der Waals surface area (Å²) in [5.74, 6) is 1.92. The highest BCUT2D eigenvalue weighted by Crippen LogP contribution is 2.39. The normalized spacial score (nSPS) is 15.0. The SMILES string of the molecule is CCOc1ccc(Nc2nn(-c3nc(C)cc(C)n3)c3c2C(=O)CC(C)(C)C3)cc1. The molecule has 0 unspecified atom stereocenters. The van der Waals surface area contributed by atoms with Gasteiger partial charge < -0.3 is 10.1 Å². The molecule has 1 aromatic carbocycles. The predicted molar refractivity (Wildman–Crippen MR) is 116 cm³/mol. The molecule has 1 aliphatic carbocycles. The number of hydrogen-bond donors (Lipinski definition) is 1. The third-order valence-electron chi connectivity index (χ3n) is 5.13. The van der Waals surface area contributed by atoms with Gasteiger partial charge in [0, 0.05) is 23.5 Å². The number of nitrogens with one attached hydrogen (secondary N) is 1. The zero-order chi connectivity index (χ0) is 21.5. The molecule has 1 aliphatic rings. The van der Waals surface area contributed by atoms with Crippen LogP contribution in [0.15, 0.2) is 30.3 Å². The molecular formula is C23H27N5O2. The number of benzene rings is 1. The number of carbonyl (C=O) groups is 1. The number of fused-ring (bicyclic) bond motifs is 1. The summed E-state index contributed by atoms with van der Waals surface area (Å²) in [5, 5.41) is 8.06. The van der Waals surface area contributed by atoms with Crippen LogP contribution in [0.2, 0.25) is 0 Å². The molecule has 3 aromatic rings. The third kappa shape index (κ3) is 3.92. The Labute approximate surface area is 176 Å². The monoisotopic (exact) mass is 405 g/mol. The van der Waals surface area contributed by atoms with E-state index in [1.165, 1.54) is 0 Å². The smallest absolute Gasteiger partial charge is 0.251 e. The van der Waals surface area contributed by atoms with E-state index in [0.717, 1.165) is 34.9 Å². The van der Waals surface area contributed by atoms with Gasteiger partial charge in [-0.15, -0.1) is 5.10 Å². The van der Waals surface area contributed by atoms with Crippen LogP contribution in [0.3, 0.4) is 0 Å². The summed E-state index contributed by atoms with van der Waals surface area (Å²) in [4.78, 5) is 22.2. The molecule has 30 heavy (non-hydrogen) atoms. The van der Waals surface area contributed by atoms with Crippen molar-refractivity contribution >= 4 is 17.3 Å². The molecule has 0 aliphatic heterocycles. The fourth-order valence-corrected chi connectivity index (χ4v) is 3.94. The Morgan fingerprint density at radius 1 is 1.10 bits per heavy atom. The molecule has 7 nitrogen and oxygen atoms in total. The van der Waals surface area contributed by atoms with Gasteiger partial charge in [0.25, 0.3) is 5.95 Å². The van der Waals surface area contributed by atoms with Gasteiger partial charge in [-0.25, -0.2) is 14.6 Å². The number of nitrogens with zero attached hydrogens (tertiary/aromatic N) is 4. The molecular weight excluding hydrogens is 378 g/mol. The summed E-state index contributed by atoms with van der Waals surface area (Å²) in [6.07, 6.45) is 1.21. The highest BCUT2D eigenvalue weighted by molar-refractivity contribution is 6.03. The van der Waals surface area contributed by atoms with Crippen LogP contribution in [-0.4, -0.2) is 32.1 Å². The first-order valence-electron chi connectivity index (χ1n) is 10.2. The molecule has 0 radical (unpaired) electrons. The number of carbonyl (C=O) groups excluding carboxylic acids is 1. The van der Waals surface area contributed by atoms with Crippen molar-refractivity contribution in [1.82, 2.24) is 19.7 Å². The van der Waals surface area contributed by atoms with E-state index in [9.17, 15) is 4.79 Å². The van der Waals surface area contributed by atoms with Crippen molar-refractivity contribution in [2.24, 2.45) is 5.41 Å². The summed E-state index contributed by atoms with van der Waals surface area (Å²) < 4.78 is 7.23. The van der Waals surface area contributed by atoms with Crippen molar-refractivity contribution in [3.63, 3.8) is 0 Å². The van der Waals surface area contributed by atoms with Gasteiger partial charge in [-0.2, -0.15) is 0 Å². The maximum atomic E-state index is 13.1. The molecule has 0 amide bonds. The van der Waals surface area contributed by atoms with Crippen LogP contribution in [-0.2, 0) is 6.42 Å². The molecule has 0 bridgehead atoms. The second-order valence-corrected chi connectivity index (χ2v) is 8.56. The molecule has 0 saturated carbocycles. The number of aromatic nitrogens is 4. The van der Waals surface area contributed by atoms with Crippen LogP contribution < -0.4 is 10.1 Å². The minimum atomic E-state index is -0.142. The van der Waals surface area contributed by atoms with Crippen molar-refractivity contribution in [3.8, 4) is 11.7 Å². The lowest BCUT2D eigenvalue weighted by atomic mass is 9.76.